The van der Waals surface area contributed by atoms with Crippen LogP contribution in [0.2, 0.25) is 0 Å². The highest BCUT2D eigenvalue weighted by Crippen LogP contribution is 2.34. The molecule has 0 radical (unpaired) electrons. The van der Waals surface area contributed by atoms with Crippen molar-refractivity contribution in [2.75, 3.05) is 44.8 Å². The van der Waals surface area contributed by atoms with Gasteiger partial charge in [-0.25, -0.2) is 4.98 Å². The molecule has 1 aromatic rings. The van der Waals surface area contributed by atoms with Crippen LogP contribution in [0.1, 0.15) is 24.1 Å². The molecule has 3 aliphatic heterocycles. The zero-order valence-electron chi connectivity index (χ0n) is 14.1. The van der Waals surface area contributed by atoms with E-state index in [0.29, 0.717) is 30.1 Å². The maximum Gasteiger partial charge on any atom is 0.416 e. The Bertz CT molecular complexity index is 579. The molecule has 3 fully saturated rings. The maximum absolute atomic E-state index is 13.1. The number of alkyl halides is 3. The minimum atomic E-state index is -4.34. The van der Waals surface area contributed by atoms with Gasteiger partial charge in [-0.2, -0.15) is 13.2 Å². The molecule has 4 heterocycles. The molecule has 1 aromatic heterocycles. The van der Waals surface area contributed by atoms with E-state index in [1.807, 2.05) is 4.90 Å². The first-order chi connectivity index (χ1) is 11.4. The first kappa shape index (κ1) is 17.5. The Morgan fingerprint density at radius 1 is 1.21 bits per heavy atom. The summed E-state index contributed by atoms with van der Waals surface area (Å²) in [6.45, 7) is 5.67. The Hall–Kier alpha value is -1.34. The van der Waals surface area contributed by atoms with Gasteiger partial charge in [0.25, 0.3) is 0 Å². The van der Waals surface area contributed by atoms with E-state index in [1.54, 1.807) is 14.0 Å². The fourth-order valence-electron chi connectivity index (χ4n) is 3.83. The highest BCUT2D eigenvalue weighted by atomic mass is 19.4. The van der Waals surface area contributed by atoms with E-state index < -0.39 is 11.7 Å². The molecular weight excluding hydrogens is 319 g/mol. The Morgan fingerprint density at radius 2 is 2.00 bits per heavy atom. The fourth-order valence-corrected chi connectivity index (χ4v) is 3.83. The average molecular weight is 343 g/mol. The highest BCUT2D eigenvalue weighted by molar-refractivity contribution is 5.44. The molecule has 0 aliphatic carbocycles. The normalized spacial score (nSPS) is 25.1. The van der Waals surface area contributed by atoms with Crippen molar-refractivity contribution >= 4 is 5.82 Å². The van der Waals surface area contributed by atoms with Crippen LogP contribution in [0.4, 0.5) is 19.0 Å². The van der Waals surface area contributed by atoms with Gasteiger partial charge in [0.2, 0.25) is 0 Å². The van der Waals surface area contributed by atoms with Gasteiger partial charge >= 0.3 is 6.18 Å². The van der Waals surface area contributed by atoms with Crippen molar-refractivity contribution in [3.63, 3.8) is 0 Å². The van der Waals surface area contributed by atoms with Gasteiger partial charge in [0, 0.05) is 45.0 Å². The summed E-state index contributed by atoms with van der Waals surface area (Å²) in [5, 5.41) is 0. The molecule has 134 valence electrons. The number of rotatable bonds is 4. The first-order valence-corrected chi connectivity index (χ1v) is 8.40. The number of piperidine rings is 1. The largest absolute Gasteiger partial charge is 0.416 e. The highest BCUT2D eigenvalue weighted by Gasteiger charge is 2.36. The second-order valence-corrected chi connectivity index (χ2v) is 6.84. The number of fused-ring (bicyclic) bond motifs is 4. The number of hydrogen-bond donors (Lipinski definition) is 0. The second kappa shape index (κ2) is 6.88. The summed E-state index contributed by atoms with van der Waals surface area (Å²) < 4.78 is 44.5. The van der Waals surface area contributed by atoms with E-state index in [2.05, 4.69) is 9.88 Å². The third-order valence-corrected chi connectivity index (χ3v) is 5.00. The number of halogens is 3. The zero-order chi connectivity index (χ0) is 17.3. The number of nitrogens with zero attached hydrogens (tertiary/aromatic N) is 3. The van der Waals surface area contributed by atoms with Crippen LogP contribution in [0.3, 0.4) is 0 Å². The number of ether oxygens (including phenoxy) is 1. The Labute approximate surface area is 140 Å². The third-order valence-electron chi connectivity index (χ3n) is 5.00. The van der Waals surface area contributed by atoms with Crippen LogP contribution in [0, 0.1) is 12.8 Å². The summed E-state index contributed by atoms with van der Waals surface area (Å²) >= 11 is 0. The van der Waals surface area contributed by atoms with Crippen molar-refractivity contribution in [2.24, 2.45) is 5.92 Å². The van der Waals surface area contributed by atoms with Gasteiger partial charge in [0.05, 0.1) is 12.2 Å². The molecule has 24 heavy (non-hydrogen) atoms. The molecule has 0 saturated carbocycles. The summed E-state index contributed by atoms with van der Waals surface area (Å²) in [4.78, 5) is 8.83. The minimum Gasteiger partial charge on any atom is -0.383 e. The summed E-state index contributed by atoms with van der Waals surface area (Å²) in [6, 6.07) is 2.66. The molecular formula is C17H24F3N3O. The van der Waals surface area contributed by atoms with Crippen LogP contribution >= 0.6 is 0 Å². The number of aryl methyl sites for hydroxylation is 1. The van der Waals surface area contributed by atoms with E-state index >= 15 is 0 Å². The van der Waals surface area contributed by atoms with Crippen LogP contribution in [0.15, 0.2) is 12.1 Å². The molecule has 4 rings (SSSR count). The van der Waals surface area contributed by atoms with Crippen LogP contribution in [-0.4, -0.2) is 55.8 Å². The summed E-state index contributed by atoms with van der Waals surface area (Å²) in [7, 11) is 1.69. The molecule has 3 saturated heterocycles. The van der Waals surface area contributed by atoms with E-state index in [4.69, 9.17) is 4.74 Å². The van der Waals surface area contributed by atoms with Crippen molar-refractivity contribution in [3.8, 4) is 0 Å². The van der Waals surface area contributed by atoms with Crippen LogP contribution < -0.4 is 4.90 Å². The topological polar surface area (TPSA) is 28.6 Å². The standard InChI is InChI=1S/C17H24F3N3O/c1-12-7-14(17(18,19)20)8-16(21-12)23-10-13-3-4-15(11-23)22(9-13)5-6-24-2/h7-8,13,15H,3-6,9-11H2,1-2H3/t13-,15-/m1/s1. The van der Waals surface area contributed by atoms with Crippen molar-refractivity contribution in [1.29, 1.82) is 0 Å². The molecule has 3 aliphatic rings. The molecule has 4 nitrogen and oxygen atoms in total. The molecule has 2 bridgehead atoms. The molecule has 0 spiro atoms. The van der Waals surface area contributed by atoms with Crippen molar-refractivity contribution in [2.45, 2.75) is 32.0 Å². The number of hydrogen-bond acceptors (Lipinski definition) is 4. The van der Waals surface area contributed by atoms with Gasteiger partial charge in [-0.3, -0.25) is 4.90 Å². The van der Waals surface area contributed by atoms with Crippen molar-refractivity contribution < 1.29 is 17.9 Å². The van der Waals surface area contributed by atoms with Gasteiger partial charge in [-0.1, -0.05) is 0 Å². The minimum absolute atomic E-state index is 0.357. The third kappa shape index (κ3) is 3.83. The van der Waals surface area contributed by atoms with E-state index in [0.717, 1.165) is 45.1 Å². The predicted octanol–water partition coefficient (Wildman–Crippen LogP) is 2.96. The lowest BCUT2D eigenvalue weighted by molar-refractivity contribution is -0.137. The molecule has 0 aromatic carbocycles. The Kier molecular flexibility index (Phi) is 5.01. The van der Waals surface area contributed by atoms with Crippen LogP contribution in [0.25, 0.3) is 0 Å². The SMILES string of the molecule is COCCN1C[C@H]2CC[C@@H]1CN(c1cc(C(F)(F)F)cc(C)n1)C2. The van der Waals surface area contributed by atoms with Crippen molar-refractivity contribution in [1.82, 2.24) is 9.88 Å². The molecule has 7 heteroatoms. The van der Waals surface area contributed by atoms with E-state index in [-0.39, 0.29) is 0 Å². The molecule has 2 atom stereocenters. The summed E-state index contributed by atoms with van der Waals surface area (Å²) in [6.07, 6.45) is -2.12. The van der Waals surface area contributed by atoms with Gasteiger partial charge in [0.15, 0.2) is 0 Å². The maximum atomic E-state index is 13.1. The summed E-state index contributed by atoms with van der Waals surface area (Å²) in [5.41, 5.74) is -0.203. The molecule has 0 N–H and O–H groups in total. The number of methoxy groups -OCH3 is 1. The number of anilines is 1. The smallest absolute Gasteiger partial charge is 0.383 e. The average Bonchev–Trinajstić information content (AvgIpc) is 2.83. The monoisotopic (exact) mass is 343 g/mol. The van der Waals surface area contributed by atoms with Gasteiger partial charge < -0.3 is 9.64 Å². The quantitative estimate of drug-likeness (QED) is 0.840. The Morgan fingerprint density at radius 3 is 2.71 bits per heavy atom. The van der Waals surface area contributed by atoms with Crippen LogP contribution in [0.5, 0.6) is 0 Å². The Balaban J connectivity index is 1.82. The molecule has 0 amide bonds. The second-order valence-electron chi connectivity index (χ2n) is 6.84. The fraction of sp³-hybridized carbons (Fsp3) is 0.706. The lowest BCUT2D eigenvalue weighted by atomic mass is 9.95. The van der Waals surface area contributed by atoms with Crippen LogP contribution in [-0.2, 0) is 10.9 Å². The van der Waals surface area contributed by atoms with E-state index in [9.17, 15) is 13.2 Å². The number of pyridine rings is 1. The van der Waals surface area contributed by atoms with Gasteiger partial charge in [0.1, 0.15) is 5.82 Å². The first-order valence-electron chi connectivity index (χ1n) is 8.40. The van der Waals surface area contributed by atoms with Crippen molar-refractivity contribution in [3.05, 3.63) is 23.4 Å². The molecule has 0 unspecified atom stereocenters. The predicted molar refractivity (Wildman–Crippen MR) is 86.2 cm³/mol. The lowest BCUT2D eigenvalue weighted by Gasteiger charge is -2.35. The zero-order valence-corrected chi connectivity index (χ0v) is 14.1. The van der Waals surface area contributed by atoms with Gasteiger partial charge in [-0.15, -0.1) is 0 Å². The number of aromatic nitrogens is 1. The lowest BCUT2D eigenvalue weighted by Crippen LogP contribution is -2.45. The van der Waals surface area contributed by atoms with E-state index in [1.165, 1.54) is 6.07 Å². The van der Waals surface area contributed by atoms with Gasteiger partial charge in [-0.05, 0) is 37.8 Å². The summed E-state index contributed by atoms with van der Waals surface area (Å²) in [5.74, 6) is 0.921.